The standard InChI is InChI=1S/C60H34B9NS/c1-2-46(61)51(63)52(64)47(62)34-60(50-53(65)55(67)57(69)56(68)54(50)66)45-33-43(30-31-44(45)48-49(60)59(39-22-13-6-14-23-39)71-58(48)38-20-11-5-12-21-38)70(41-28-26-37(27-29-41)35-16-7-3-8-17-35)42-25-15-24-40(32-42)36-18-9-4-10-19-36/h1,3-33H,34H2/b51-46-,52-47-. The van der Waals surface area contributed by atoms with E-state index in [9.17, 15) is 0 Å². The molecule has 9 aromatic rings. The van der Waals surface area contributed by atoms with Crippen LogP contribution < -0.4 is 32.2 Å². The van der Waals surface area contributed by atoms with Crippen LogP contribution in [0.15, 0.2) is 210 Å². The van der Waals surface area contributed by atoms with Crippen LogP contribution in [0.5, 0.6) is 0 Å². The molecule has 0 bridgehead atoms. The molecule has 1 aromatic heterocycles. The fourth-order valence-corrected chi connectivity index (χ4v) is 11.4. The van der Waals surface area contributed by atoms with Gasteiger partial charge in [-0.25, -0.2) is 0 Å². The molecule has 0 aliphatic heterocycles. The number of hydrogen-bond donors (Lipinski definition) is 0. The molecule has 18 radical (unpaired) electrons. The van der Waals surface area contributed by atoms with Crippen LogP contribution in [-0.2, 0) is 5.41 Å². The predicted octanol–water partition coefficient (Wildman–Crippen LogP) is 8.29. The van der Waals surface area contributed by atoms with Crippen LogP contribution in [0.2, 0.25) is 0 Å². The molecule has 1 unspecified atom stereocenters. The molecule has 10 rings (SSSR count). The lowest BCUT2D eigenvalue weighted by Gasteiger charge is -2.40. The summed E-state index contributed by atoms with van der Waals surface area (Å²) >= 11 is 1.66. The second-order valence-corrected chi connectivity index (χ2v) is 18.6. The molecule has 8 aromatic carbocycles. The van der Waals surface area contributed by atoms with Gasteiger partial charge in [-0.3, -0.25) is 0 Å². The fourth-order valence-electron chi connectivity index (χ4n) is 10.0. The highest BCUT2D eigenvalue weighted by Gasteiger charge is 2.50. The molecule has 0 fully saturated rings. The quantitative estimate of drug-likeness (QED) is 0.0719. The minimum Gasteiger partial charge on any atom is -0.310 e. The molecule has 0 saturated carbocycles. The summed E-state index contributed by atoms with van der Waals surface area (Å²) in [6, 6.07) is 64.6. The Bertz CT molecular complexity index is 3570. The molecule has 0 spiro atoms. The molecule has 1 aliphatic rings. The van der Waals surface area contributed by atoms with Gasteiger partial charge in [0.15, 0.2) is 0 Å². The minimum absolute atomic E-state index is 0.0112. The van der Waals surface area contributed by atoms with Crippen LogP contribution in [-0.4, -0.2) is 70.6 Å². The van der Waals surface area contributed by atoms with Gasteiger partial charge in [-0.05, 0) is 98.5 Å². The Balaban J connectivity index is 1.34. The van der Waals surface area contributed by atoms with Gasteiger partial charge in [0.25, 0.3) is 0 Å². The van der Waals surface area contributed by atoms with E-state index in [0.29, 0.717) is 5.56 Å². The highest BCUT2D eigenvalue weighted by atomic mass is 32.1. The Hall–Kier alpha value is -7.12. The first-order valence-corrected chi connectivity index (χ1v) is 23.8. The first-order chi connectivity index (χ1) is 34.4. The number of nitrogens with zero attached hydrogens (tertiary/aromatic N) is 1. The van der Waals surface area contributed by atoms with Gasteiger partial charge in [0.1, 0.15) is 70.6 Å². The Labute approximate surface area is 433 Å². The van der Waals surface area contributed by atoms with Crippen LogP contribution in [0.3, 0.4) is 0 Å². The highest BCUT2D eigenvalue weighted by molar-refractivity contribution is 7.19. The maximum Gasteiger partial charge on any atom is 0.125 e. The van der Waals surface area contributed by atoms with Gasteiger partial charge in [0, 0.05) is 37.8 Å². The second-order valence-electron chi connectivity index (χ2n) is 17.6. The number of terminal acetylenes is 1. The number of thiophene rings is 1. The molecule has 1 atom stereocenters. The zero-order valence-electron chi connectivity index (χ0n) is 38.7. The Morgan fingerprint density at radius 1 is 0.451 bits per heavy atom. The number of rotatable bonds is 11. The largest absolute Gasteiger partial charge is 0.310 e. The van der Waals surface area contributed by atoms with Crippen molar-refractivity contribution < 1.29 is 0 Å². The number of allylic oxidation sites excluding steroid dienone is 4. The average molecular weight is 898 g/mol. The van der Waals surface area contributed by atoms with E-state index in [4.69, 9.17) is 77.0 Å². The van der Waals surface area contributed by atoms with Crippen molar-refractivity contribution in [3.63, 3.8) is 0 Å². The average Bonchev–Trinajstić information content (AvgIpc) is 3.95. The lowest BCUT2D eigenvalue weighted by atomic mass is 9.52. The topological polar surface area (TPSA) is 3.24 Å². The summed E-state index contributed by atoms with van der Waals surface area (Å²) in [5.74, 6) is 2.41. The summed E-state index contributed by atoms with van der Waals surface area (Å²) < 4.78 is 0. The Kier molecular flexibility index (Phi) is 13.1. The van der Waals surface area contributed by atoms with Crippen LogP contribution in [0.4, 0.5) is 17.1 Å². The monoisotopic (exact) mass is 899 g/mol. The Morgan fingerprint density at radius 2 is 0.915 bits per heavy atom. The van der Waals surface area contributed by atoms with Crippen LogP contribution in [0.25, 0.3) is 54.3 Å². The predicted molar refractivity (Wildman–Crippen MR) is 310 cm³/mol. The van der Waals surface area contributed by atoms with Gasteiger partial charge in [-0.2, -0.15) is 0 Å². The van der Waals surface area contributed by atoms with Crippen molar-refractivity contribution in [2.24, 2.45) is 0 Å². The van der Waals surface area contributed by atoms with Gasteiger partial charge >= 0.3 is 0 Å². The first kappa shape index (κ1) is 47.6. The van der Waals surface area contributed by atoms with Gasteiger partial charge in [0.05, 0.1) is 0 Å². The van der Waals surface area contributed by atoms with E-state index < -0.39 is 5.41 Å². The van der Waals surface area contributed by atoms with Gasteiger partial charge in [0.2, 0.25) is 0 Å². The summed E-state index contributed by atoms with van der Waals surface area (Å²) in [5, 5.41) is 0. The summed E-state index contributed by atoms with van der Waals surface area (Å²) in [6.07, 6.45) is 5.73. The molecule has 1 aliphatic carbocycles. The normalized spacial score (nSPS) is 14.4. The van der Waals surface area contributed by atoms with Crippen molar-refractivity contribution in [2.75, 3.05) is 4.90 Å². The van der Waals surface area contributed by atoms with Crippen LogP contribution >= 0.6 is 11.3 Å². The minimum atomic E-state index is -1.38. The lowest BCUT2D eigenvalue weighted by Crippen LogP contribution is -2.59. The van der Waals surface area contributed by atoms with E-state index in [-0.39, 0.29) is 55.6 Å². The second kappa shape index (κ2) is 19.6. The zero-order valence-corrected chi connectivity index (χ0v) is 39.6. The van der Waals surface area contributed by atoms with E-state index in [0.717, 1.165) is 82.5 Å². The molecule has 312 valence electrons. The van der Waals surface area contributed by atoms with Crippen LogP contribution in [0.1, 0.15) is 23.1 Å². The molecule has 11 heteroatoms. The van der Waals surface area contributed by atoms with Crippen molar-refractivity contribution >= 4 is 126 Å². The number of fused-ring (bicyclic) bond motifs is 3. The first-order valence-electron chi connectivity index (χ1n) is 22.9. The highest BCUT2D eigenvalue weighted by Crippen LogP contribution is 2.63. The van der Waals surface area contributed by atoms with Crippen molar-refractivity contribution in [3.05, 3.63) is 227 Å². The molecule has 1 nitrogen and oxygen atoms in total. The smallest absolute Gasteiger partial charge is 0.125 e. The van der Waals surface area contributed by atoms with Crippen molar-refractivity contribution in [1.29, 1.82) is 0 Å². The van der Waals surface area contributed by atoms with E-state index in [1.165, 1.54) is 0 Å². The molecule has 1 heterocycles. The van der Waals surface area contributed by atoms with E-state index in [1.807, 2.05) is 72.8 Å². The number of anilines is 3. The Morgan fingerprint density at radius 3 is 1.48 bits per heavy atom. The van der Waals surface area contributed by atoms with E-state index in [1.54, 1.807) is 11.3 Å². The van der Waals surface area contributed by atoms with Crippen LogP contribution in [0, 0.1) is 12.3 Å². The third kappa shape index (κ3) is 8.37. The molecule has 0 N–H and O–H groups in total. The molecular formula is C60H34B9NS. The summed E-state index contributed by atoms with van der Waals surface area (Å²) in [7, 11) is 62.0. The van der Waals surface area contributed by atoms with Gasteiger partial charge in [-0.1, -0.05) is 163 Å². The fraction of sp³-hybridized carbons (Fsp3) is 0.0333. The molecule has 71 heavy (non-hydrogen) atoms. The molecule has 0 saturated heterocycles. The lowest BCUT2D eigenvalue weighted by molar-refractivity contribution is 0.650. The summed E-state index contributed by atoms with van der Waals surface area (Å²) in [4.78, 5) is 4.19. The van der Waals surface area contributed by atoms with Crippen molar-refractivity contribution in [2.45, 2.75) is 11.8 Å². The third-order valence-electron chi connectivity index (χ3n) is 13.5. The SMILES string of the molecule is [B]/C(C#C)=C([B])/C([B])=C(/[B])CC1(c2c([B])c([B])c([B])c([B])c2[B])c2cc(N(c3ccc(-c4ccccc4)cc3)c3cccc(-c4ccccc4)c3)ccc2-c2c(-c3ccccc3)sc(-c3ccccc3)c21. The summed E-state index contributed by atoms with van der Waals surface area (Å²) in [5.41, 5.74) is 12.1. The zero-order chi connectivity index (χ0) is 49.6. The molecular weight excluding hydrogens is 864 g/mol. The summed E-state index contributed by atoms with van der Waals surface area (Å²) in [6.45, 7) is 0. The maximum atomic E-state index is 7.32. The van der Waals surface area contributed by atoms with Gasteiger partial charge < -0.3 is 4.90 Å². The third-order valence-corrected chi connectivity index (χ3v) is 14.8. The van der Waals surface area contributed by atoms with Crippen molar-refractivity contribution in [1.82, 2.24) is 0 Å². The van der Waals surface area contributed by atoms with Gasteiger partial charge in [-0.15, -0.1) is 61.5 Å². The number of benzene rings is 8. The number of hydrogen-bond acceptors (Lipinski definition) is 2. The van der Waals surface area contributed by atoms with E-state index in [2.05, 4.69) is 126 Å². The van der Waals surface area contributed by atoms with Crippen molar-refractivity contribution in [3.8, 4) is 66.6 Å². The van der Waals surface area contributed by atoms with E-state index >= 15 is 0 Å². The molecule has 0 amide bonds. The maximum absolute atomic E-state index is 7.32.